The second kappa shape index (κ2) is 25.5. The molecular weight excluding hydrogens is 248 g/mol. The van der Waals surface area contributed by atoms with Crippen molar-refractivity contribution in [1.82, 2.24) is 0 Å². The van der Waals surface area contributed by atoms with Gasteiger partial charge in [-0.15, -0.1) is 0 Å². The molecule has 18 heavy (non-hydrogen) atoms. The maximum absolute atomic E-state index is 8.17. The average Bonchev–Trinajstić information content (AvgIpc) is 2.41. The van der Waals surface area contributed by atoms with Crippen LogP contribution in [0.5, 0.6) is 0 Å². The molecule has 0 aromatic rings. The third-order valence-corrected chi connectivity index (χ3v) is 1.21. The number of hydrogen-bond donors (Lipinski definition) is 7. The van der Waals surface area contributed by atoms with Crippen LogP contribution in [0.25, 0.3) is 0 Å². The van der Waals surface area contributed by atoms with E-state index in [9.17, 15) is 0 Å². The SMILES string of the molecule is OCC(O)CO.OCCCO.OCCOCCO. The molecule has 0 amide bonds. The van der Waals surface area contributed by atoms with Gasteiger partial charge in [0.1, 0.15) is 6.10 Å². The molecule has 0 aromatic heterocycles. The summed E-state index contributed by atoms with van der Waals surface area (Å²) >= 11 is 0. The monoisotopic (exact) mass is 274 g/mol. The maximum atomic E-state index is 8.17. The Labute approximate surface area is 107 Å². The minimum atomic E-state index is -0.954. The van der Waals surface area contributed by atoms with E-state index in [1.165, 1.54) is 0 Å². The van der Waals surface area contributed by atoms with Gasteiger partial charge in [0, 0.05) is 13.2 Å². The van der Waals surface area contributed by atoms with Crippen molar-refractivity contribution >= 4 is 0 Å². The van der Waals surface area contributed by atoms with Crippen molar-refractivity contribution in [3.8, 4) is 0 Å². The summed E-state index contributed by atoms with van der Waals surface area (Å²) < 4.78 is 4.63. The van der Waals surface area contributed by atoms with Gasteiger partial charge in [-0.3, -0.25) is 0 Å². The minimum Gasteiger partial charge on any atom is -0.396 e. The number of ether oxygens (including phenoxy) is 1. The summed E-state index contributed by atoms with van der Waals surface area (Å²) in [5.41, 5.74) is 0. The molecule has 0 fully saturated rings. The van der Waals surface area contributed by atoms with Crippen molar-refractivity contribution in [2.45, 2.75) is 12.5 Å². The molecule has 0 saturated carbocycles. The van der Waals surface area contributed by atoms with Crippen molar-refractivity contribution in [2.75, 3.05) is 52.9 Å². The maximum Gasteiger partial charge on any atom is 0.100 e. The van der Waals surface area contributed by atoms with Gasteiger partial charge in [-0.2, -0.15) is 0 Å². The topological polar surface area (TPSA) is 151 Å². The van der Waals surface area contributed by atoms with Crippen LogP contribution in [0.15, 0.2) is 0 Å². The zero-order chi connectivity index (χ0) is 14.6. The molecule has 0 atom stereocenters. The molecule has 0 radical (unpaired) electrons. The normalized spacial score (nSPS) is 9.33. The Hall–Kier alpha value is -0.320. The van der Waals surface area contributed by atoms with Gasteiger partial charge in [0.15, 0.2) is 0 Å². The highest BCUT2D eigenvalue weighted by molar-refractivity contribution is 4.44. The first kappa shape index (κ1) is 22.8. The number of aliphatic hydroxyl groups is 7. The molecule has 8 heteroatoms. The van der Waals surface area contributed by atoms with Crippen molar-refractivity contribution < 1.29 is 40.5 Å². The first-order chi connectivity index (χ1) is 8.64. The van der Waals surface area contributed by atoms with Gasteiger partial charge in [-0.05, 0) is 6.42 Å². The van der Waals surface area contributed by atoms with E-state index in [1.54, 1.807) is 0 Å². The summed E-state index contributed by atoms with van der Waals surface area (Å²) in [6.45, 7) is 0.154. The largest absolute Gasteiger partial charge is 0.396 e. The molecule has 0 unspecified atom stereocenters. The van der Waals surface area contributed by atoms with E-state index < -0.39 is 6.10 Å². The van der Waals surface area contributed by atoms with E-state index in [0.29, 0.717) is 19.6 Å². The minimum absolute atomic E-state index is 0.0278. The van der Waals surface area contributed by atoms with E-state index >= 15 is 0 Å². The smallest absolute Gasteiger partial charge is 0.100 e. The van der Waals surface area contributed by atoms with Crippen molar-refractivity contribution in [3.63, 3.8) is 0 Å². The zero-order valence-electron chi connectivity index (χ0n) is 10.5. The molecule has 7 N–H and O–H groups in total. The quantitative estimate of drug-likeness (QED) is 0.227. The molecule has 0 aliphatic rings. The molecule has 8 nitrogen and oxygen atoms in total. The van der Waals surface area contributed by atoms with Crippen molar-refractivity contribution in [3.05, 3.63) is 0 Å². The molecular formula is C10H26O8. The van der Waals surface area contributed by atoms with E-state index in [0.717, 1.165) is 0 Å². The molecule has 0 bridgehead atoms. The fourth-order valence-electron chi connectivity index (χ4n) is 0.360. The first-order valence-electron chi connectivity index (χ1n) is 5.55. The van der Waals surface area contributed by atoms with Crippen molar-refractivity contribution in [2.24, 2.45) is 0 Å². The summed E-state index contributed by atoms with van der Waals surface area (Å²) in [6, 6.07) is 0. The van der Waals surface area contributed by atoms with Crippen LogP contribution in [0.2, 0.25) is 0 Å². The van der Waals surface area contributed by atoms with Crippen LogP contribution in [-0.4, -0.2) is 94.7 Å². The standard InChI is InChI=1S/C4H10O3.C3H8O3.C3H8O2/c5-1-3-7-4-2-6;4-1-3(6)2-5;4-2-1-3-5/h5-6H,1-4H2;3-6H,1-2H2;4-5H,1-3H2. The Morgan fingerprint density at radius 2 is 1.06 bits per heavy atom. The van der Waals surface area contributed by atoms with E-state index in [-0.39, 0.29) is 39.6 Å². The molecule has 0 aliphatic heterocycles. The van der Waals surface area contributed by atoms with E-state index in [4.69, 9.17) is 35.7 Å². The summed E-state index contributed by atoms with van der Waals surface area (Å²) in [5.74, 6) is 0. The van der Waals surface area contributed by atoms with Crippen LogP contribution < -0.4 is 0 Å². The lowest BCUT2D eigenvalue weighted by atomic mass is 10.4. The zero-order valence-corrected chi connectivity index (χ0v) is 10.5. The van der Waals surface area contributed by atoms with Crippen LogP contribution in [0, 0.1) is 0 Å². The number of hydrogen-bond acceptors (Lipinski definition) is 8. The summed E-state index contributed by atoms with van der Waals surface area (Å²) in [4.78, 5) is 0. The van der Waals surface area contributed by atoms with Gasteiger partial charge >= 0.3 is 0 Å². The Balaban J connectivity index is -0.000000190. The third-order valence-electron chi connectivity index (χ3n) is 1.21. The highest BCUT2D eigenvalue weighted by Gasteiger charge is 1.93. The van der Waals surface area contributed by atoms with Crippen molar-refractivity contribution in [1.29, 1.82) is 0 Å². The molecule has 0 rings (SSSR count). The highest BCUT2D eigenvalue weighted by Crippen LogP contribution is 1.71. The van der Waals surface area contributed by atoms with Gasteiger partial charge in [-0.1, -0.05) is 0 Å². The predicted octanol–water partition coefficient (Wildman–Crippen LogP) is -3.32. The van der Waals surface area contributed by atoms with E-state index in [2.05, 4.69) is 4.74 Å². The molecule has 0 saturated heterocycles. The van der Waals surface area contributed by atoms with Crippen LogP contribution in [0.3, 0.4) is 0 Å². The number of rotatable bonds is 8. The summed E-state index contributed by atoms with van der Waals surface area (Å²) in [6.07, 6.45) is -0.454. The second-order valence-corrected chi connectivity index (χ2v) is 2.88. The summed E-state index contributed by atoms with van der Waals surface area (Å²) in [5, 5.41) is 56.0. The first-order valence-corrected chi connectivity index (χ1v) is 5.55. The Kier molecular flexibility index (Phi) is 32.3. The Bertz CT molecular complexity index is 104. The lowest BCUT2D eigenvalue weighted by Gasteiger charge is -1.96. The molecule has 114 valence electrons. The number of aliphatic hydroxyl groups excluding tert-OH is 7. The summed E-state index contributed by atoms with van der Waals surface area (Å²) in [7, 11) is 0. The lowest BCUT2D eigenvalue weighted by molar-refractivity contribution is 0.0450. The van der Waals surface area contributed by atoms with Gasteiger partial charge < -0.3 is 40.5 Å². The molecule has 0 heterocycles. The van der Waals surface area contributed by atoms with Crippen LogP contribution >= 0.6 is 0 Å². The molecule has 0 spiro atoms. The third kappa shape index (κ3) is 36.1. The van der Waals surface area contributed by atoms with Crippen LogP contribution in [0.4, 0.5) is 0 Å². The molecule has 0 aromatic carbocycles. The van der Waals surface area contributed by atoms with Gasteiger partial charge in [0.2, 0.25) is 0 Å². The highest BCUT2D eigenvalue weighted by atomic mass is 16.5. The lowest BCUT2D eigenvalue weighted by Crippen LogP contribution is -2.15. The van der Waals surface area contributed by atoms with Crippen LogP contribution in [-0.2, 0) is 4.74 Å². The fourth-order valence-corrected chi connectivity index (χ4v) is 0.360. The fraction of sp³-hybridized carbons (Fsp3) is 1.00. The Morgan fingerprint density at radius 3 is 1.17 bits per heavy atom. The van der Waals surface area contributed by atoms with Crippen LogP contribution in [0.1, 0.15) is 6.42 Å². The van der Waals surface area contributed by atoms with E-state index in [1.807, 2.05) is 0 Å². The molecule has 0 aliphatic carbocycles. The van der Waals surface area contributed by atoms with Gasteiger partial charge in [0.05, 0.1) is 39.6 Å². The van der Waals surface area contributed by atoms with Gasteiger partial charge in [0.25, 0.3) is 0 Å². The average molecular weight is 274 g/mol. The predicted molar refractivity (Wildman–Crippen MR) is 64.0 cm³/mol. The Morgan fingerprint density at radius 1 is 0.667 bits per heavy atom. The van der Waals surface area contributed by atoms with Gasteiger partial charge in [-0.25, -0.2) is 0 Å². The second-order valence-electron chi connectivity index (χ2n) is 2.88.